The largest absolute Gasteiger partial charge is 0.378 e. The first-order valence-electron chi connectivity index (χ1n) is 5.56. The Labute approximate surface area is 85.0 Å². The summed E-state index contributed by atoms with van der Waals surface area (Å²) in [6.07, 6.45) is 1.36. The molecule has 80 valence electrons. The van der Waals surface area contributed by atoms with Gasteiger partial charge in [0.15, 0.2) is 0 Å². The lowest BCUT2D eigenvalue weighted by atomic mass is 9.79. The molecule has 2 N–H and O–H groups in total. The van der Waals surface area contributed by atoms with Crippen LogP contribution in [0.5, 0.6) is 0 Å². The summed E-state index contributed by atoms with van der Waals surface area (Å²) in [5, 5.41) is 0. The first-order chi connectivity index (χ1) is 6.81. The molecule has 3 heterocycles. The Bertz CT molecular complexity index is 223. The minimum Gasteiger partial charge on any atom is -0.378 e. The van der Waals surface area contributed by atoms with Gasteiger partial charge in [-0.05, 0) is 13.0 Å². The molecule has 3 saturated heterocycles. The summed E-state index contributed by atoms with van der Waals surface area (Å²) in [6, 6.07) is 0.723. The number of hydrogen-bond acceptors (Lipinski definition) is 4. The molecule has 0 amide bonds. The maximum absolute atomic E-state index is 5.61. The Morgan fingerprint density at radius 1 is 1.29 bits per heavy atom. The second kappa shape index (κ2) is 3.17. The molecule has 0 bridgehead atoms. The summed E-state index contributed by atoms with van der Waals surface area (Å²) < 4.78 is 5.24. The van der Waals surface area contributed by atoms with Crippen LogP contribution in [0.25, 0.3) is 0 Å². The normalized spacial score (nSPS) is 33.2. The molecular weight excluding hydrogens is 178 g/mol. The van der Waals surface area contributed by atoms with Crippen molar-refractivity contribution < 1.29 is 4.74 Å². The number of likely N-dealkylation sites (tertiary alicyclic amines) is 2. The third kappa shape index (κ3) is 1.29. The lowest BCUT2D eigenvalue weighted by Gasteiger charge is -2.48. The fourth-order valence-electron chi connectivity index (χ4n) is 3.01. The van der Waals surface area contributed by atoms with E-state index in [0.29, 0.717) is 5.41 Å². The van der Waals surface area contributed by atoms with E-state index in [4.69, 9.17) is 10.5 Å². The molecule has 14 heavy (non-hydrogen) atoms. The molecule has 4 heteroatoms. The molecule has 0 aromatic heterocycles. The van der Waals surface area contributed by atoms with Crippen molar-refractivity contribution in [3.05, 3.63) is 0 Å². The molecule has 3 aliphatic rings. The third-order valence-electron chi connectivity index (χ3n) is 3.98. The van der Waals surface area contributed by atoms with Crippen LogP contribution >= 0.6 is 0 Å². The molecule has 3 aliphatic heterocycles. The predicted octanol–water partition coefficient (Wildman–Crippen LogP) is -0.691. The molecule has 0 saturated carbocycles. The van der Waals surface area contributed by atoms with Crippen LogP contribution < -0.4 is 5.73 Å². The minimum atomic E-state index is 0.592. The highest BCUT2D eigenvalue weighted by Crippen LogP contribution is 2.40. The van der Waals surface area contributed by atoms with E-state index in [0.717, 1.165) is 25.9 Å². The van der Waals surface area contributed by atoms with Gasteiger partial charge in [-0.25, -0.2) is 0 Å². The Morgan fingerprint density at radius 3 is 2.64 bits per heavy atom. The molecule has 0 unspecified atom stereocenters. The van der Waals surface area contributed by atoms with Crippen LogP contribution in [0.15, 0.2) is 0 Å². The van der Waals surface area contributed by atoms with Crippen LogP contribution in [0.3, 0.4) is 0 Å². The first kappa shape index (κ1) is 9.09. The highest BCUT2D eigenvalue weighted by atomic mass is 16.5. The lowest BCUT2D eigenvalue weighted by molar-refractivity contribution is -0.0685. The van der Waals surface area contributed by atoms with Crippen molar-refractivity contribution in [1.82, 2.24) is 9.80 Å². The summed E-state index contributed by atoms with van der Waals surface area (Å²) in [4.78, 5) is 4.94. The summed E-state index contributed by atoms with van der Waals surface area (Å²) in [7, 11) is 0. The number of nitrogens with zero attached hydrogens (tertiary/aromatic N) is 2. The van der Waals surface area contributed by atoms with Gasteiger partial charge in [0, 0.05) is 31.7 Å². The lowest BCUT2D eigenvalue weighted by Crippen LogP contribution is -2.60. The zero-order valence-corrected chi connectivity index (χ0v) is 8.61. The zero-order chi connectivity index (χ0) is 9.60. The summed E-state index contributed by atoms with van der Waals surface area (Å²) in [6.45, 7) is 7.62. The minimum absolute atomic E-state index is 0.592. The van der Waals surface area contributed by atoms with Gasteiger partial charge in [-0.2, -0.15) is 0 Å². The molecule has 3 rings (SSSR count). The Hall–Kier alpha value is -0.160. The number of nitrogens with two attached hydrogens (primary N) is 1. The van der Waals surface area contributed by atoms with E-state index < -0.39 is 0 Å². The fourth-order valence-corrected chi connectivity index (χ4v) is 3.01. The van der Waals surface area contributed by atoms with E-state index in [2.05, 4.69) is 9.80 Å². The first-order valence-corrected chi connectivity index (χ1v) is 5.56. The van der Waals surface area contributed by atoms with E-state index in [9.17, 15) is 0 Å². The number of rotatable bonds is 2. The average Bonchev–Trinajstić information content (AvgIpc) is 2.43. The van der Waals surface area contributed by atoms with Gasteiger partial charge in [0.1, 0.15) is 0 Å². The van der Waals surface area contributed by atoms with Gasteiger partial charge in [-0.3, -0.25) is 9.80 Å². The van der Waals surface area contributed by atoms with Crippen LogP contribution in [-0.2, 0) is 4.74 Å². The fraction of sp³-hybridized carbons (Fsp3) is 1.00. The number of ether oxygens (including phenoxy) is 1. The van der Waals surface area contributed by atoms with Crippen molar-refractivity contribution in [1.29, 1.82) is 0 Å². The van der Waals surface area contributed by atoms with Gasteiger partial charge in [0.2, 0.25) is 0 Å². The topological polar surface area (TPSA) is 41.7 Å². The summed E-state index contributed by atoms with van der Waals surface area (Å²) in [5.74, 6) is 0. The van der Waals surface area contributed by atoms with Crippen LogP contribution in [0, 0.1) is 5.41 Å². The molecular formula is C10H19N3O. The van der Waals surface area contributed by atoms with E-state index in [-0.39, 0.29) is 0 Å². The average molecular weight is 197 g/mol. The maximum atomic E-state index is 5.61. The molecule has 0 aromatic carbocycles. The van der Waals surface area contributed by atoms with Crippen LogP contribution in [0.4, 0.5) is 0 Å². The maximum Gasteiger partial charge on any atom is 0.0645 e. The predicted molar refractivity (Wildman–Crippen MR) is 53.9 cm³/mol. The molecule has 1 spiro atoms. The van der Waals surface area contributed by atoms with E-state index in [1.165, 1.54) is 32.6 Å². The molecule has 0 aliphatic carbocycles. The van der Waals surface area contributed by atoms with Crippen molar-refractivity contribution in [2.75, 3.05) is 46.1 Å². The zero-order valence-electron chi connectivity index (χ0n) is 8.61. The van der Waals surface area contributed by atoms with Crippen LogP contribution in [0.1, 0.15) is 6.42 Å². The standard InChI is InChI=1S/C10H19N3O/c11-8-12-5-10(6-12)1-2-13(7-10)9-3-14-4-9/h9H,1-8,11H2. The van der Waals surface area contributed by atoms with Gasteiger partial charge in [-0.15, -0.1) is 0 Å². The quantitative estimate of drug-likeness (QED) is 0.636. The highest BCUT2D eigenvalue weighted by molar-refractivity contribution is 5.02. The van der Waals surface area contributed by atoms with E-state index in [1.54, 1.807) is 0 Å². The van der Waals surface area contributed by atoms with Crippen molar-refractivity contribution in [2.45, 2.75) is 12.5 Å². The third-order valence-corrected chi connectivity index (χ3v) is 3.98. The van der Waals surface area contributed by atoms with Gasteiger partial charge >= 0.3 is 0 Å². The van der Waals surface area contributed by atoms with E-state index in [1.807, 2.05) is 0 Å². The molecule has 4 nitrogen and oxygen atoms in total. The summed E-state index contributed by atoms with van der Waals surface area (Å²) >= 11 is 0. The SMILES string of the molecule is NCN1CC2(CCN(C3COC3)C2)C1. The van der Waals surface area contributed by atoms with Gasteiger partial charge < -0.3 is 10.5 Å². The van der Waals surface area contributed by atoms with Crippen LogP contribution in [-0.4, -0.2) is 61.9 Å². The smallest absolute Gasteiger partial charge is 0.0645 e. The highest BCUT2D eigenvalue weighted by Gasteiger charge is 2.48. The summed E-state index contributed by atoms with van der Waals surface area (Å²) in [5.41, 5.74) is 6.20. The van der Waals surface area contributed by atoms with E-state index >= 15 is 0 Å². The Balaban J connectivity index is 1.54. The van der Waals surface area contributed by atoms with Gasteiger partial charge in [0.25, 0.3) is 0 Å². The molecule has 0 atom stereocenters. The van der Waals surface area contributed by atoms with Crippen molar-refractivity contribution in [3.8, 4) is 0 Å². The second-order valence-electron chi connectivity index (χ2n) is 5.08. The van der Waals surface area contributed by atoms with Crippen LogP contribution in [0.2, 0.25) is 0 Å². The monoisotopic (exact) mass is 197 g/mol. The van der Waals surface area contributed by atoms with Crippen molar-refractivity contribution in [3.63, 3.8) is 0 Å². The Kier molecular flexibility index (Phi) is 2.06. The van der Waals surface area contributed by atoms with Crippen molar-refractivity contribution in [2.24, 2.45) is 11.1 Å². The molecule has 0 radical (unpaired) electrons. The number of hydrogen-bond donors (Lipinski definition) is 1. The van der Waals surface area contributed by atoms with Crippen molar-refractivity contribution >= 4 is 0 Å². The molecule has 0 aromatic rings. The second-order valence-corrected chi connectivity index (χ2v) is 5.08. The van der Waals surface area contributed by atoms with Gasteiger partial charge in [0.05, 0.1) is 19.3 Å². The Morgan fingerprint density at radius 2 is 2.07 bits per heavy atom. The molecule has 3 fully saturated rings. The van der Waals surface area contributed by atoms with Gasteiger partial charge in [-0.1, -0.05) is 0 Å².